The van der Waals surface area contributed by atoms with Gasteiger partial charge in [0.15, 0.2) is 12.4 Å². The Morgan fingerprint density at radius 3 is 2.62 bits per heavy atom. The van der Waals surface area contributed by atoms with E-state index in [1.807, 2.05) is 6.92 Å². The number of allylic oxidation sites excluding steroid dienone is 2. The van der Waals surface area contributed by atoms with Gasteiger partial charge in [0.25, 0.3) is 0 Å². The number of carbonyl (C=O) groups excluding carboxylic acids is 3. The predicted octanol–water partition coefficient (Wildman–Crippen LogP) is 3.48. The van der Waals surface area contributed by atoms with E-state index >= 15 is 0 Å². The largest absolute Gasteiger partial charge is 0.458 e. The third-order valence-corrected chi connectivity index (χ3v) is 9.45. The van der Waals surface area contributed by atoms with Crippen molar-refractivity contribution in [2.24, 2.45) is 40.4 Å². The summed E-state index contributed by atoms with van der Waals surface area (Å²) in [6, 6.07) is 0. The van der Waals surface area contributed by atoms with E-state index in [9.17, 15) is 19.5 Å². The van der Waals surface area contributed by atoms with Crippen LogP contribution in [0.3, 0.4) is 0 Å². The highest BCUT2D eigenvalue weighted by Crippen LogP contribution is 2.68. The molecule has 3 saturated carbocycles. The van der Waals surface area contributed by atoms with Crippen molar-refractivity contribution < 1.29 is 24.2 Å². The number of Topliss-reactive ketones (excluding diaryl/α,β-unsaturated/α-hetero) is 1. The number of aliphatic hydroxyl groups is 1. The Kier molecular flexibility index (Phi) is 4.84. The highest BCUT2D eigenvalue weighted by Gasteiger charge is 2.69. The van der Waals surface area contributed by atoms with Crippen molar-refractivity contribution in [3.05, 3.63) is 12.2 Å². The Hall–Kier alpha value is -1.49. The topological polar surface area (TPSA) is 80.7 Å². The Labute approximate surface area is 173 Å². The number of esters is 1. The minimum Gasteiger partial charge on any atom is -0.458 e. The molecule has 5 heteroatoms. The fraction of sp³-hybridized carbons (Fsp3) is 0.792. The molecule has 0 saturated heterocycles. The monoisotopic (exact) mass is 402 g/mol. The van der Waals surface area contributed by atoms with Crippen LogP contribution in [0.25, 0.3) is 0 Å². The molecule has 3 fully saturated rings. The first-order chi connectivity index (χ1) is 13.5. The summed E-state index contributed by atoms with van der Waals surface area (Å²) in [6.45, 7) is 7.30. The van der Waals surface area contributed by atoms with Crippen LogP contribution >= 0.6 is 0 Å². The Morgan fingerprint density at radius 2 is 1.93 bits per heavy atom. The van der Waals surface area contributed by atoms with Crippen LogP contribution in [0.5, 0.6) is 0 Å². The molecule has 0 amide bonds. The second-order valence-electron chi connectivity index (χ2n) is 10.6. The van der Waals surface area contributed by atoms with Crippen LogP contribution in [-0.2, 0) is 19.1 Å². The van der Waals surface area contributed by atoms with Crippen molar-refractivity contribution in [1.82, 2.24) is 0 Å². The molecule has 0 aromatic carbocycles. The van der Waals surface area contributed by atoms with Gasteiger partial charge in [0.2, 0.25) is 5.78 Å². The van der Waals surface area contributed by atoms with Crippen molar-refractivity contribution in [3.63, 3.8) is 0 Å². The summed E-state index contributed by atoms with van der Waals surface area (Å²) in [5, 5.41) is 11.7. The SMILES string of the molecule is CC(=O)OCC(=O)[C@@]1(O)[C@H](C)C[C@H]2[C@@H]3CC[C@@H]4CC(=O)C=C[C@]4(C)[C@H]3CC[C@@]21C. The Bertz CT molecular complexity index is 771. The van der Waals surface area contributed by atoms with Gasteiger partial charge in [-0.1, -0.05) is 26.8 Å². The molecule has 0 heterocycles. The van der Waals surface area contributed by atoms with Crippen LogP contribution in [0.15, 0.2) is 12.2 Å². The van der Waals surface area contributed by atoms with Gasteiger partial charge in [-0.2, -0.15) is 0 Å². The number of carbonyl (C=O) groups is 3. The first kappa shape index (κ1) is 20.8. The normalized spacial score (nSPS) is 48.4. The molecule has 8 atom stereocenters. The van der Waals surface area contributed by atoms with Gasteiger partial charge in [0.05, 0.1) is 0 Å². The van der Waals surface area contributed by atoms with Crippen LogP contribution < -0.4 is 0 Å². The molecule has 0 bridgehead atoms. The van der Waals surface area contributed by atoms with E-state index < -0.39 is 17.0 Å². The smallest absolute Gasteiger partial charge is 0.303 e. The van der Waals surface area contributed by atoms with Crippen molar-refractivity contribution >= 4 is 17.5 Å². The van der Waals surface area contributed by atoms with Gasteiger partial charge in [-0.15, -0.1) is 0 Å². The maximum Gasteiger partial charge on any atom is 0.303 e. The van der Waals surface area contributed by atoms with Crippen molar-refractivity contribution in [2.45, 2.75) is 71.8 Å². The number of fused-ring (bicyclic) bond motifs is 5. The second-order valence-corrected chi connectivity index (χ2v) is 10.6. The van der Waals surface area contributed by atoms with Gasteiger partial charge in [-0.3, -0.25) is 14.4 Å². The summed E-state index contributed by atoms with van der Waals surface area (Å²) in [7, 11) is 0. The highest BCUT2D eigenvalue weighted by molar-refractivity contribution is 5.91. The van der Waals surface area contributed by atoms with E-state index in [-0.39, 0.29) is 35.4 Å². The van der Waals surface area contributed by atoms with Gasteiger partial charge in [0.1, 0.15) is 5.60 Å². The molecule has 160 valence electrons. The number of rotatable bonds is 3. The van der Waals surface area contributed by atoms with Crippen LogP contribution in [0.4, 0.5) is 0 Å². The van der Waals surface area contributed by atoms with Gasteiger partial charge in [-0.25, -0.2) is 0 Å². The molecule has 1 N–H and O–H groups in total. The maximum atomic E-state index is 13.1. The van der Waals surface area contributed by atoms with Crippen LogP contribution in [0.1, 0.15) is 66.2 Å². The van der Waals surface area contributed by atoms with E-state index in [0.717, 1.165) is 32.1 Å². The zero-order valence-electron chi connectivity index (χ0n) is 18.1. The second kappa shape index (κ2) is 6.76. The first-order valence-electron chi connectivity index (χ1n) is 11.1. The number of hydrogen-bond acceptors (Lipinski definition) is 5. The molecular formula is C24H34O5. The lowest BCUT2D eigenvalue weighted by atomic mass is 9.45. The first-order valence-corrected chi connectivity index (χ1v) is 11.1. The molecule has 0 aromatic rings. The highest BCUT2D eigenvalue weighted by atomic mass is 16.5. The summed E-state index contributed by atoms with van der Waals surface area (Å²) in [6.07, 6.45) is 9.27. The molecule has 0 spiro atoms. The van der Waals surface area contributed by atoms with Crippen LogP contribution in [-0.4, -0.2) is 34.9 Å². The summed E-state index contributed by atoms with van der Waals surface area (Å²) >= 11 is 0. The van der Waals surface area contributed by atoms with E-state index in [1.165, 1.54) is 6.92 Å². The fourth-order valence-corrected chi connectivity index (χ4v) is 7.85. The number of ether oxygens (including phenoxy) is 1. The van der Waals surface area contributed by atoms with E-state index in [4.69, 9.17) is 4.74 Å². The van der Waals surface area contributed by atoms with Crippen LogP contribution in [0, 0.1) is 40.4 Å². The fourth-order valence-electron chi connectivity index (χ4n) is 7.85. The molecule has 29 heavy (non-hydrogen) atoms. The molecule has 4 rings (SSSR count). The number of hydrogen-bond donors (Lipinski definition) is 1. The van der Waals surface area contributed by atoms with Crippen molar-refractivity contribution in [2.75, 3.05) is 6.61 Å². The summed E-state index contributed by atoms with van der Waals surface area (Å²) in [5.74, 6) is 0.849. The van der Waals surface area contributed by atoms with Gasteiger partial charge >= 0.3 is 5.97 Å². The standard InChI is InChI=1S/C24H34O5/c1-14-11-20-18-6-5-16-12-17(26)7-9-22(16,3)19(18)8-10-23(20,4)24(14,28)21(27)13-29-15(2)25/h7,9,14,16,18-20,28H,5-6,8,10-13H2,1-4H3/t14-,16-,18-,19+,20+,22+,23+,24+/m1/s1. The average Bonchev–Trinajstić information content (AvgIpc) is 2.88. The van der Waals surface area contributed by atoms with Gasteiger partial charge in [0, 0.05) is 18.8 Å². The molecule has 4 aliphatic carbocycles. The van der Waals surface area contributed by atoms with E-state index in [1.54, 1.807) is 6.08 Å². The quantitative estimate of drug-likeness (QED) is 0.731. The molecular weight excluding hydrogens is 368 g/mol. The molecule has 4 aliphatic rings. The van der Waals surface area contributed by atoms with Crippen LogP contribution in [0.2, 0.25) is 0 Å². The number of ketones is 2. The van der Waals surface area contributed by atoms with Gasteiger partial charge < -0.3 is 9.84 Å². The zero-order chi connectivity index (χ0) is 21.2. The van der Waals surface area contributed by atoms with E-state index in [2.05, 4.69) is 19.9 Å². The molecule has 0 aliphatic heterocycles. The molecule has 0 radical (unpaired) electrons. The third kappa shape index (κ3) is 2.79. The predicted molar refractivity (Wildman–Crippen MR) is 108 cm³/mol. The average molecular weight is 403 g/mol. The Morgan fingerprint density at radius 1 is 1.21 bits per heavy atom. The summed E-state index contributed by atoms with van der Waals surface area (Å²) in [5.41, 5.74) is -1.92. The summed E-state index contributed by atoms with van der Waals surface area (Å²) < 4.78 is 4.97. The van der Waals surface area contributed by atoms with E-state index in [0.29, 0.717) is 24.2 Å². The molecule has 5 nitrogen and oxygen atoms in total. The lowest BCUT2D eigenvalue weighted by molar-refractivity contribution is -0.176. The Balaban J connectivity index is 1.64. The maximum absolute atomic E-state index is 13.1. The molecule has 0 aromatic heterocycles. The molecule has 0 unspecified atom stereocenters. The minimum atomic E-state index is -1.45. The summed E-state index contributed by atoms with van der Waals surface area (Å²) in [4.78, 5) is 36.2. The zero-order valence-corrected chi connectivity index (χ0v) is 18.1. The van der Waals surface area contributed by atoms with Gasteiger partial charge in [-0.05, 0) is 73.2 Å². The van der Waals surface area contributed by atoms with Crippen molar-refractivity contribution in [1.29, 1.82) is 0 Å². The third-order valence-electron chi connectivity index (χ3n) is 9.45. The minimum absolute atomic E-state index is 0.0316. The van der Waals surface area contributed by atoms with Crippen molar-refractivity contribution in [3.8, 4) is 0 Å². The lowest BCUT2D eigenvalue weighted by Gasteiger charge is -2.59. The lowest BCUT2D eigenvalue weighted by Crippen LogP contribution is -2.60.